The molecule has 2 rings (SSSR count). The summed E-state index contributed by atoms with van der Waals surface area (Å²) in [5, 5.41) is 12.1. The van der Waals surface area contributed by atoms with E-state index in [9.17, 15) is 14.7 Å². The van der Waals surface area contributed by atoms with E-state index in [-0.39, 0.29) is 12.6 Å². The Balaban J connectivity index is 2.07. The number of nitrogens with one attached hydrogen (secondary N) is 1. The van der Waals surface area contributed by atoms with Crippen LogP contribution < -0.4 is 10.1 Å². The topological polar surface area (TPSA) is 78.9 Å². The monoisotopic (exact) mass is 292 g/mol. The van der Waals surface area contributed by atoms with E-state index in [1.54, 1.807) is 23.1 Å². The number of aliphatic carboxylic acids is 1. The van der Waals surface area contributed by atoms with Crippen LogP contribution in [0.3, 0.4) is 0 Å². The van der Waals surface area contributed by atoms with Gasteiger partial charge in [0.25, 0.3) is 0 Å². The summed E-state index contributed by atoms with van der Waals surface area (Å²) in [6.07, 6.45) is 0.999. The van der Waals surface area contributed by atoms with E-state index in [1.165, 1.54) is 7.11 Å². The van der Waals surface area contributed by atoms with Crippen LogP contribution >= 0.6 is 0 Å². The summed E-state index contributed by atoms with van der Waals surface area (Å²) < 4.78 is 5.18. The first-order valence-corrected chi connectivity index (χ1v) is 6.95. The Morgan fingerprint density at radius 2 is 2.14 bits per heavy atom. The first-order chi connectivity index (χ1) is 10.0. The van der Waals surface area contributed by atoms with E-state index in [0.29, 0.717) is 30.8 Å². The number of carboxylic acids is 1. The van der Waals surface area contributed by atoms with E-state index in [1.807, 2.05) is 13.0 Å². The average molecular weight is 292 g/mol. The predicted octanol–water partition coefficient (Wildman–Crippen LogP) is 2.41. The Kier molecular flexibility index (Phi) is 4.35. The van der Waals surface area contributed by atoms with Crippen LogP contribution in [0.4, 0.5) is 10.5 Å². The number of anilines is 1. The highest BCUT2D eigenvalue weighted by Crippen LogP contribution is 2.34. The Labute approximate surface area is 123 Å². The van der Waals surface area contributed by atoms with Gasteiger partial charge in [0.2, 0.25) is 0 Å². The number of amides is 2. The average Bonchev–Trinajstić information content (AvgIpc) is 2.94. The zero-order valence-electron chi connectivity index (χ0n) is 12.3. The lowest BCUT2D eigenvalue weighted by Gasteiger charge is -2.23. The van der Waals surface area contributed by atoms with Gasteiger partial charge < -0.3 is 20.1 Å². The second kappa shape index (κ2) is 6.03. The lowest BCUT2D eigenvalue weighted by molar-refractivity contribution is -0.148. The van der Waals surface area contributed by atoms with Crippen molar-refractivity contribution >= 4 is 17.7 Å². The highest BCUT2D eigenvalue weighted by molar-refractivity contribution is 5.92. The normalized spacial score (nSPS) is 21.1. The molecule has 1 atom stereocenters. The molecule has 0 spiro atoms. The summed E-state index contributed by atoms with van der Waals surface area (Å²) in [6.45, 7) is 2.52. The molecular formula is C15H20N2O4. The Morgan fingerprint density at radius 3 is 2.71 bits per heavy atom. The number of methoxy groups -OCH3 is 1. The molecule has 1 aromatic carbocycles. The van der Waals surface area contributed by atoms with Crippen LogP contribution in [0.1, 0.15) is 19.8 Å². The van der Waals surface area contributed by atoms with Gasteiger partial charge in [-0.15, -0.1) is 0 Å². The number of hydrogen-bond acceptors (Lipinski definition) is 3. The molecule has 0 radical (unpaired) electrons. The molecular weight excluding hydrogens is 272 g/mol. The first kappa shape index (κ1) is 15.2. The Hall–Kier alpha value is -2.24. The largest absolute Gasteiger partial charge is 0.495 e. The van der Waals surface area contributed by atoms with Crippen LogP contribution in [0, 0.1) is 5.41 Å². The van der Waals surface area contributed by atoms with E-state index >= 15 is 0 Å². The molecule has 1 aliphatic rings. The lowest BCUT2D eigenvalue weighted by Crippen LogP contribution is -2.38. The highest BCUT2D eigenvalue weighted by Gasteiger charge is 2.44. The van der Waals surface area contributed by atoms with Gasteiger partial charge in [0.05, 0.1) is 18.2 Å². The number of urea groups is 1. The molecule has 1 aromatic rings. The summed E-state index contributed by atoms with van der Waals surface area (Å²) in [5.41, 5.74) is -0.243. The number of ether oxygens (including phenoxy) is 1. The van der Waals surface area contributed by atoms with Crippen molar-refractivity contribution in [3.63, 3.8) is 0 Å². The molecule has 2 amide bonds. The fourth-order valence-corrected chi connectivity index (χ4v) is 2.60. The van der Waals surface area contributed by atoms with Crippen molar-refractivity contribution in [3.8, 4) is 5.75 Å². The van der Waals surface area contributed by atoms with Crippen molar-refractivity contribution in [1.29, 1.82) is 0 Å². The van der Waals surface area contributed by atoms with Crippen molar-refractivity contribution in [2.75, 3.05) is 25.5 Å². The minimum Gasteiger partial charge on any atom is -0.495 e. The van der Waals surface area contributed by atoms with E-state index < -0.39 is 11.4 Å². The molecule has 21 heavy (non-hydrogen) atoms. The fraction of sp³-hybridized carbons (Fsp3) is 0.467. The number of carboxylic acid groups (broad SMARTS) is 1. The highest BCUT2D eigenvalue weighted by atomic mass is 16.5. The minimum absolute atomic E-state index is 0.236. The number of para-hydroxylation sites is 2. The quantitative estimate of drug-likeness (QED) is 0.893. The van der Waals surface area contributed by atoms with Crippen molar-refractivity contribution in [2.45, 2.75) is 19.8 Å². The zero-order chi connectivity index (χ0) is 15.5. The van der Waals surface area contributed by atoms with Crippen molar-refractivity contribution in [3.05, 3.63) is 24.3 Å². The van der Waals surface area contributed by atoms with Crippen LogP contribution in [0.25, 0.3) is 0 Å². The SMILES string of the molecule is CCC1(C(=O)O)CCN(C(=O)Nc2ccccc2OC)C1. The Morgan fingerprint density at radius 1 is 1.43 bits per heavy atom. The molecule has 0 bridgehead atoms. The molecule has 1 aliphatic heterocycles. The zero-order valence-corrected chi connectivity index (χ0v) is 12.3. The van der Waals surface area contributed by atoms with E-state index in [4.69, 9.17) is 4.74 Å². The lowest BCUT2D eigenvalue weighted by atomic mass is 9.84. The maximum absolute atomic E-state index is 12.3. The molecule has 1 heterocycles. The van der Waals surface area contributed by atoms with Crippen molar-refractivity contribution in [2.24, 2.45) is 5.41 Å². The Bertz CT molecular complexity index is 546. The van der Waals surface area contributed by atoms with Gasteiger partial charge in [-0.3, -0.25) is 4.79 Å². The second-order valence-electron chi connectivity index (χ2n) is 5.24. The molecule has 0 aromatic heterocycles. The number of carbonyl (C=O) groups excluding carboxylic acids is 1. The predicted molar refractivity (Wildman–Crippen MR) is 78.6 cm³/mol. The minimum atomic E-state index is -0.836. The van der Waals surface area contributed by atoms with Gasteiger partial charge in [-0.05, 0) is 25.0 Å². The smallest absolute Gasteiger partial charge is 0.321 e. The van der Waals surface area contributed by atoms with Crippen LogP contribution in [-0.2, 0) is 4.79 Å². The molecule has 0 saturated carbocycles. The third kappa shape index (κ3) is 2.94. The molecule has 114 valence electrons. The maximum Gasteiger partial charge on any atom is 0.321 e. The summed E-state index contributed by atoms with van der Waals surface area (Å²) in [7, 11) is 1.54. The third-order valence-corrected chi connectivity index (χ3v) is 4.12. The molecule has 0 aliphatic carbocycles. The molecule has 1 saturated heterocycles. The van der Waals surface area contributed by atoms with Crippen LogP contribution in [0.2, 0.25) is 0 Å². The molecule has 1 fully saturated rings. The molecule has 1 unspecified atom stereocenters. The molecule has 2 N–H and O–H groups in total. The van der Waals surface area contributed by atoms with Gasteiger partial charge in [-0.1, -0.05) is 19.1 Å². The number of rotatable bonds is 4. The summed E-state index contributed by atoms with van der Waals surface area (Å²) in [4.78, 5) is 25.2. The summed E-state index contributed by atoms with van der Waals surface area (Å²) in [5.74, 6) is -0.261. The summed E-state index contributed by atoms with van der Waals surface area (Å²) >= 11 is 0. The maximum atomic E-state index is 12.3. The molecule has 6 heteroatoms. The van der Waals surface area contributed by atoms with Crippen LogP contribution in [0.15, 0.2) is 24.3 Å². The number of hydrogen-bond donors (Lipinski definition) is 2. The van der Waals surface area contributed by atoms with Gasteiger partial charge in [0.15, 0.2) is 0 Å². The fourth-order valence-electron chi connectivity index (χ4n) is 2.60. The number of nitrogens with zero attached hydrogens (tertiary/aromatic N) is 1. The number of benzene rings is 1. The second-order valence-corrected chi connectivity index (χ2v) is 5.24. The van der Waals surface area contributed by atoms with Crippen LogP contribution in [-0.4, -0.2) is 42.2 Å². The standard InChI is InChI=1S/C15H20N2O4/c1-3-15(13(18)19)8-9-17(10-15)14(20)16-11-6-4-5-7-12(11)21-2/h4-7H,3,8-10H2,1-2H3,(H,16,20)(H,18,19). The summed E-state index contributed by atoms with van der Waals surface area (Å²) in [6, 6.07) is 6.83. The van der Waals surface area contributed by atoms with Crippen LogP contribution in [0.5, 0.6) is 5.75 Å². The van der Waals surface area contributed by atoms with Crippen molar-refractivity contribution < 1.29 is 19.4 Å². The number of carbonyl (C=O) groups is 2. The van der Waals surface area contributed by atoms with Gasteiger partial charge in [0.1, 0.15) is 5.75 Å². The van der Waals surface area contributed by atoms with Gasteiger partial charge in [-0.2, -0.15) is 0 Å². The van der Waals surface area contributed by atoms with E-state index in [0.717, 1.165) is 0 Å². The molecule has 6 nitrogen and oxygen atoms in total. The van der Waals surface area contributed by atoms with Gasteiger partial charge >= 0.3 is 12.0 Å². The third-order valence-electron chi connectivity index (χ3n) is 4.12. The first-order valence-electron chi connectivity index (χ1n) is 6.95. The van der Waals surface area contributed by atoms with E-state index in [2.05, 4.69) is 5.32 Å². The van der Waals surface area contributed by atoms with Gasteiger partial charge in [-0.25, -0.2) is 4.79 Å². The van der Waals surface area contributed by atoms with Gasteiger partial charge in [0, 0.05) is 13.1 Å². The van der Waals surface area contributed by atoms with Crippen molar-refractivity contribution in [1.82, 2.24) is 4.90 Å². The number of likely N-dealkylation sites (tertiary alicyclic amines) is 1.